The molecular formula is C26H26N4O2. The Kier molecular flexibility index (Phi) is 4.93. The molecule has 0 saturated heterocycles. The number of hydrogen-bond donors (Lipinski definition) is 0. The number of amides is 1. The maximum atomic E-state index is 13.3. The van der Waals surface area contributed by atoms with Crippen molar-refractivity contribution in [2.75, 3.05) is 11.4 Å². The zero-order valence-corrected chi connectivity index (χ0v) is 18.6. The van der Waals surface area contributed by atoms with Gasteiger partial charge >= 0.3 is 0 Å². The average Bonchev–Trinajstić information content (AvgIpc) is 3.38. The van der Waals surface area contributed by atoms with Crippen LogP contribution in [0.3, 0.4) is 0 Å². The third-order valence-electron chi connectivity index (χ3n) is 6.36. The minimum absolute atomic E-state index is 0.0257. The minimum Gasteiger partial charge on any atom is -0.310 e. The molecule has 0 bridgehead atoms. The van der Waals surface area contributed by atoms with Crippen molar-refractivity contribution < 1.29 is 4.79 Å². The van der Waals surface area contributed by atoms with Gasteiger partial charge in [-0.15, -0.1) is 0 Å². The van der Waals surface area contributed by atoms with Crippen LogP contribution in [0.25, 0.3) is 16.7 Å². The van der Waals surface area contributed by atoms with Crippen LogP contribution in [0, 0.1) is 13.8 Å². The molecule has 5 rings (SSSR count). The lowest BCUT2D eigenvalue weighted by atomic mass is 10.1. The van der Waals surface area contributed by atoms with E-state index in [1.807, 2.05) is 44.2 Å². The van der Waals surface area contributed by atoms with Crippen LogP contribution in [-0.2, 0) is 24.2 Å². The van der Waals surface area contributed by atoms with Gasteiger partial charge in [0.25, 0.3) is 5.56 Å². The summed E-state index contributed by atoms with van der Waals surface area (Å²) < 4.78 is 3.36. The van der Waals surface area contributed by atoms with Crippen molar-refractivity contribution in [2.45, 2.75) is 40.2 Å². The molecule has 4 aromatic rings. The van der Waals surface area contributed by atoms with Gasteiger partial charge in [0, 0.05) is 23.7 Å². The first-order chi connectivity index (χ1) is 15.5. The molecule has 6 nitrogen and oxygen atoms in total. The maximum absolute atomic E-state index is 13.3. The molecule has 2 aromatic heterocycles. The van der Waals surface area contributed by atoms with Crippen molar-refractivity contribution in [1.29, 1.82) is 0 Å². The normalized spacial score (nSPS) is 13.0. The molecule has 1 amide bonds. The minimum atomic E-state index is -0.192. The smallest absolute Gasteiger partial charge is 0.252 e. The second-order valence-electron chi connectivity index (χ2n) is 8.39. The van der Waals surface area contributed by atoms with Gasteiger partial charge in [-0.3, -0.25) is 14.2 Å². The highest BCUT2D eigenvalue weighted by Crippen LogP contribution is 2.28. The Morgan fingerprint density at radius 3 is 2.56 bits per heavy atom. The highest BCUT2D eigenvalue weighted by molar-refractivity contribution is 5.96. The molecule has 2 aromatic carbocycles. The first-order valence-corrected chi connectivity index (χ1v) is 11.0. The number of carbonyl (C=O) groups excluding carboxylic acids is 1. The van der Waals surface area contributed by atoms with E-state index in [1.54, 1.807) is 20.2 Å². The number of benzene rings is 2. The van der Waals surface area contributed by atoms with E-state index >= 15 is 0 Å². The largest absolute Gasteiger partial charge is 0.310 e. The maximum Gasteiger partial charge on any atom is 0.252 e. The summed E-state index contributed by atoms with van der Waals surface area (Å²) in [5.41, 5.74) is 6.39. The van der Waals surface area contributed by atoms with Crippen LogP contribution in [-0.4, -0.2) is 26.8 Å². The second-order valence-corrected chi connectivity index (χ2v) is 8.39. The Hall–Kier alpha value is -3.67. The molecule has 0 unspecified atom stereocenters. The van der Waals surface area contributed by atoms with Crippen molar-refractivity contribution in [3.63, 3.8) is 0 Å². The SMILES string of the molecule is CCc1ccc(-n2nc(C)c3c(C)cc(=O)n(CC(=O)N4CCc5ccccc54)c32)cc1. The summed E-state index contributed by atoms with van der Waals surface area (Å²) in [5, 5.41) is 5.67. The van der Waals surface area contributed by atoms with Crippen molar-refractivity contribution in [2.24, 2.45) is 0 Å². The van der Waals surface area contributed by atoms with E-state index in [9.17, 15) is 9.59 Å². The Morgan fingerprint density at radius 2 is 1.81 bits per heavy atom. The Bertz CT molecular complexity index is 1400. The van der Waals surface area contributed by atoms with E-state index in [1.165, 1.54) is 11.1 Å². The van der Waals surface area contributed by atoms with Crippen LogP contribution in [0.4, 0.5) is 5.69 Å². The van der Waals surface area contributed by atoms with E-state index in [-0.39, 0.29) is 18.0 Å². The summed E-state index contributed by atoms with van der Waals surface area (Å²) >= 11 is 0. The number of anilines is 1. The molecule has 0 radical (unpaired) electrons. The number of pyridine rings is 1. The van der Waals surface area contributed by atoms with Crippen LogP contribution < -0.4 is 10.5 Å². The fourth-order valence-corrected chi connectivity index (χ4v) is 4.69. The second kappa shape index (κ2) is 7.79. The van der Waals surface area contributed by atoms with Gasteiger partial charge in [-0.2, -0.15) is 5.10 Å². The van der Waals surface area contributed by atoms with Crippen LogP contribution in [0.15, 0.2) is 59.4 Å². The molecule has 0 N–H and O–H groups in total. The molecule has 162 valence electrons. The van der Waals surface area contributed by atoms with Gasteiger partial charge in [0.15, 0.2) is 0 Å². The van der Waals surface area contributed by atoms with Crippen molar-refractivity contribution in [3.8, 4) is 5.69 Å². The molecule has 0 spiro atoms. The highest BCUT2D eigenvalue weighted by Gasteiger charge is 2.26. The van der Waals surface area contributed by atoms with E-state index in [0.717, 1.165) is 40.9 Å². The number of hydrogen-bond acceptors (Lipinski definition) is 3. The van der Waals surface area contributed by atoms with Crippen LogP contribution in [0.5, 0.6) is 0 Å². The molecule has 1 aliphatic heterocycles. The van der Waals surface area contributed by atoms with Gasteiger partial charge in [0.2, 0.25) is 5.91 Å². The number of fused-ring (bicyclic) bond motifs is 2. The molecule has 6 heteroatoms. The number of aryl methyl sites for hydroxylation is 3. The molecule has 0 fully saturated rings. The van der Waals surface area contributed by atoms with Crippen LogP contribution in [0.1, 0.15) is 29.3 Å². The standard InChI is InChI=1S/C26H26N4O2/c1-4-19-9-11-21(12-10-19)30-26-25(18(3)27-30)17(2)15-23(31)29(26)16-24(32)28-14-13-20-7-5-6-8-22(20)28/h5-12,15H,4,13-14,16H2,1-3H3. The summed E-state index contributed by atoms with van der Waals surface area (Å²) in [5.74, 6) is -0.0889. The summed E-state index contributed by atoms with van der Waals surface area (Å²) in [6.07, 6.45) is 1.79. The number of rotatable bonds is 4. The van der Waals surface area contributed by atoms with Gasteiger partial charge in [0.1, 0.15) is 12.2 Å². The van der Waals surface area contributed by atoms with Gasteiger partial charge < -0.3 is 4.90 Å². The molecule has 0 atom stereocenters. The average molecular weight is 427 g/mol. The molecule has 1 aliphatic rings. The lowest BCUT2D eigenvalue weighted by molar-refractivity contribution is -0.119. The molecule has 0 saturated carbocycles. The molecular weight excluding hydrogens is 400 g/mol. The predicted octanol–water partition coefficient (Wildman–Crippen LogP) is 3.96. The van der Waals surface area contributed by atoms with E-state index in [4.69, 9.17) is 5.10 Å². The van der Waals surface area contributed by atoms with E-state index in [0.29, 0.717) is 12.2 Å². The summed E-state index contributed by atoms with van der Waals surface area (Å²) in [6, 6.07) is 17.7. The first-order valence-electron chi connectivity index (χ1n) is 11.0. The summed E-state index contributed by atoms with van der Waals surface area (Å²) in [4.78, 5) is 28.2. The van der Waals surface area contributed by atoms with Crippen molar-refractivity contribution in [1.82, 2.24) is 14.3 Å². The van der Waals surface area contributed by atoms with Gasteiger partial charge in [-0.05, 0) is 61.6 Å². The van der Waals surface area contributed by atoms with Crippen molar-refractivity contribution >= 4 is 22.6 Å². The Balaban J connectivity index is 1.63. The lowest BCUT2D eigenvalue weighted by Gasteiger charge is -2.19. The molecule has 32 heavy (non-hydrogen) atoms. The summed E-state index contributed by atoms with van der Waals surface area (Å²) in [7, 11) is 0. The zero-order valence-electron chi connectivity index (χ0n) is 18.6. The first kappa shape index (κ1) is 20.2. The van der Waals surface area contributed by atoms with E-state index < -0.39 is 0 Å². The fraction of sp³-hybridized carbons (Fsp3) is 0.269. The Morgan fingerprint density at radius 1 is 1.06 bits per heavy atom. The van der Waals surface area contributed by atoms with Gasteiger partial charge in [0.05, 0.1) is 11.4 Å². The number of aromatic nitrogens is 3. The number of nitrogens with zero attached hydrogens (tertiary/aromatic N) is 4. The fourth-order valence-electron chi connectivity index (χ4n) is 4.69. The van der Waals surface area contributed by atoms with Gasteiger partial charge in [-0.25, -0.2) is 4.68 Å². The van der Waals surface area contributed by atoms with E-state index in [2.05, 4.69) is 25.1 Å². The topological polar surface area (TPSA) is 60.1 Å². The van der Waals surface area contributed by atoms with Crippen LogP contribution >= 0.6 is 0 Å². The quantitative estimate of drug-likeness (QED) is 0.496. The van der Waals surface area contributed by atoms with Crippen molar-refractivity contribution in [3.05, 3.63) is 87.3 Å². The predicted molar refractivity (Wildman–Crippen MR) is 127 cm³/mol. The number of carbonyl (C=O) groups is 1. The third kappa shape index (κ3) is 3.23. The monoisotopic (exact) mass is 426 g/mol. The molecule has 0 aliphatic carbocycles. The van der Waals surface area contributed by atoms with Gasteiger partial charge in [-0.1, -0.05) is 37.3 Å². The highest BCUT2D eigenvalue weighted by atomic mass is 16.2. The van der Waals surface area contributed by atoms with Crippen LogP contribution in [0.2, 0.25) is 0 Å². The Labute approximate surface area is 186 Å². The number of para-hydroxylation sites is 1. The third-order valence-corrected chi connectivity index (χ3v) is 6.36. The molecule has 3 heterocycles. The lowest BCUT2D eigenvalue weighted by Crippen LogP contribution is -2.36. The zero-order chi connectivity index (χ0) is 22.4. The summed E-state index contributed by atoms with van der Waals surface area (Å²) in [6.45, 7) is 6.60.